The number of rotatable bonds is 2. The van der Waals surface area contributed by atoms with Gasteiger partial charge in [-0.3, -0.25) is 4.79 Å². The summed E-state index contributed by atoms with van der Waals surface area (Å²) >= 11 is 0. The van der Waals surface area contributed by atoms with Crippen LogP contribution in [0.2, 0.25) is 0 Å². The Morgan fingerprint density at radius 3 is 2.55 bits per heavy atom. The molecule has 1 heterocycles. The highest BCUT2D eigenvalue weighted by Crippen LogP contribution is 2.34. The van der Waals surface area contributed by atoms with Gasteiger partial charge in [0.2, 0.25) is 5.91 Å². The summed E-state index contributed by atoms with van der Waals surface area (Å²) in [6, 6.07) is 9.76. The van der Waals surface area contributed by atoms with E-state index < -0.39 is 11.7 Å². The quantitative estimate of drug-likeness (QED) is 0.894. The second-order valence-corrected chi connectivity index (χ2v) is 4.99. The molecule has 0 atom stereocenters. The number of carbonyl (C=O) groups is 1. The number of anilines is 1. The van der Waals surface area contributed by atoms with Crippen LogP contribution in [0.25, 0.3) is 0 Å². The zero-order valence-corrected chi connectivity index (χ0v) is 11.4. The number of nitrogens with one attached hydrogen (secondary N) is 1. The van der Waals surface area contributed by atoms with Gasteiger partial charge in [0.25, 0.3) is 0 Å². The molecule has 1 N–H and O–H groups in total. The first kappa shape index (κ1) is 14.4. The number of hydrogen-bond donors (Lipinski definition) is 1. The van der Waals surface area contributed by atoms with Crippen molar-refractivity contribution in [3.63, 3.8) is 0 Å². The maximum absolute atomic E-state index is 12.7. The van der Waals surface area contributed by atoms with Crippen LogP contribution in [0.5, 0.6) is 11.5 Å². The van der Waals surface area contributed by atoms with Crippen molar-refractivity contribution in [3.8, 4) is 11.5 Å². The summed E-state index contributed by atoms with van der Waals surface area (Å²) in [7, 11) is 0. The van der Waals surface area contributed by atoms with Crippen LogP contribution in [0.1, 0.15) is 17.5 Å². The van der Waals surface area contributed by atoms with Gasteiger partial charge in [-0.15, -0.1) is 0 Å². The van der Waals surface area contributed by atoms with Gasteiger partial charge >= 0.3 is 6.18 Å². The Morgan fingerprint density at radius 1 is 1.00 bits per heavy atom. The minimum atomic E-state index is -4.40. The topological polar surface area (TPSA) is 38.3 Å². The molecular formula is C16H12F3NO2. The second-order valence-electron chi connectivity index (χ2n) is 4.99. The van der Waals surface area contributed by atoms with Gasteiger partial charge in [-0.05, 0) is 48.4 Å². The fraction of sp³-hybridized carbons (Fsp3) is 0.188. The summed E-state index contributed by atoms with van der Waals surface area (Å²) in [6.07, 6.45) is -3.43. The molecule has 0 aromatic heterocycles. The van der Waals surface area contributed by atoms with Crippen molar-refractivity contribution in [2.75, 3.05) is 5.32 Å². The van der Waals surface area contributed by atoms with Gasteiger partial charge in [-0.25, -0.2) is 0 Å². The number of ether oxygens (including phenoxy) is 1. The summed E-state index contributed by atoms with van der Waals surface area (Å²) in [5.41, 5.74) is 0.868. The first-order valence-corrected chi connectivity index (χ1v) is 6.70. The Morgan fingerprint density at radius 2 is 1.77 bits per heavy atom. The molecule has 1 aliphatic rings. The Hall–Kier alpha value is -2.50. The highest BCUT2D eigenvalue weighted by molar-refractivity contribution is 5.94. The van der Waals surface area contributed by atoms with Crippen molar-refractivity contribution < 1.29 is 22.7 Å². The molecule has 114 valence electrons. The molecule has 0 fully saturated rings. The van der Waals surface area contributed by atoms with Crippen LogP contribution in [-0.2, 0) is 17.4 Å². The summed E-state index contributed by atoms with van der Waals surface area (Å²) in [5.74, 6) is 0.517. The molecule has 0 spiro atoms. The number of hydrogen-bond acceptors (Lipinski definition) is 2. The Balaban J connectivity index is 1.83. The number of carbonyl (C=O) groups excluding carboxylic acids is 1. The van der Waals surface area contributed by atoms with E-state index in [1.54, 1.807) is 18.2 Å². The molecule has 3 rings (SSSR count). The van der Waals surface area contributed by atoms with Gasteiger partial charge < -0.3 is 10.1 Å². The van der Waals surface area contributed by atoms with E-state index in [1.165, 1.54) is 12.1 Å². The predicted molar refractivity (Wildman–Crippen MR) is 74.9 cm³/mol. The molecule has 2 aromatic rings. The molecule has 1 aliphatic heterocycles. The smallest absolute Gasteiger partial charge is 0.416 e. The molecule has 0 unspecified atom stereocenters. The predicted octanol–water partition coefficient (Wildman–Crippen LogP) is 4.38. The third-order valence-corrected chi connectivity index (χ3v) is 3.37. The Bertz CT molecular complexity index is 726. The molecule has 0 radical (unpaired) electrons. The summed E-state index contributed by atoms with van der Waals surface area (Å²) < 4.78 is 43.5. The van der Waals surface area contributed by atoms with Crippen LogP contribution in [0.4, 0.5) is 18.9 Å². The van der Waals surface area contributed by atoms with Crippen LogP contribution < -0.4 is 10.1 Å². The number of fused-ring (bicyclic) bond motifs is 1. The lowest BCUT2D eigenvalue weighted by atomic mass is 10.0. The normalized spacial score (nSPS) is 14.2. The fourth-order valence-electron chi connectivity index (χ4n) is 2.30. The number of aryl methyl sites for hydroxylation is 1. The van der Waals surface area contributed by atoms with Crippen molar-refractivity contribution in [1.29, 1.82) is 0 Å². The number of amides is 1. The molecule has 1 amide bonds. The summed E-state index contributed by atoms with van der Waals surface area (Å²) in [5, 5.41) is 2.74. The number of alkyl halides is 3. The number of benzene rings is 2. The molecule has 0 saturated carbocycles. The van der Waals surface area contributed by atoms with Gasteiger partial charge in [-0.2, -0.15) is 13.2 Å². The molecule has 2 aromatic carbocycles. The molecule has 3 nitrogen and oxygen atoms in total. The Labute approximate surface area is 124 Å². The molecule has 0 saturated heterocycles. The van der Waals surface area contributed by atoms with Crippen molar-refractivity contribution in [2.45, 2.75) is 19.0 Å². The van der Waals surface area contributed by atoms with E-state index in [4.69, 9.17) is 4.74 Å². The van der Waals surface area contributed by atoms with Crippen LogP contribution in [0.15, 0.2) is 42.5 Å². The molecular weight excluding hydrogens is 295 g/mol. The van der Waals surface area contributed by atoms with E-state index >= 15 is 0 Å². The van der Waals surface area contributed by atoms with Gasteiger partial charge in [0.05, 0.1) is 5.56 Å². The van der Waals surface area contributed by atoms with E-state index in [2.05, 4.69) is 5.32 Å². The first-order valence-electron chi connectivity index (χ1n) is 6.70. The number of halogens is 3. The lowest BCUT2D eigenvalue weighted by Crippen LogP contribution is -2.18. The second kappa shape index (κ2) is 5.36. The molecule has 22 heavy (non-hydrogen) atoms. The van der Waals surface area contributed by atoms with Crippen molar-refractivity contribution in [1.82, 2.24) is 0 Å². The molecule has 6 heteroatoms. The standard InChI is InChI=1S/C16H12F3NO2/c17-16(18,19)11-2-1-3-12(9-11)22-13-5-6-14-10(8-13)4-7-15(21)20-14/h1-3,5-6,8-9H,4,7H2,(H,20,21). The van der Waals surface area contributed by atoms with E-state index in [0.717, 1.165) is 17.7 Å². The van der Waals surface area contributed by atoms with E-state index in [9.17, 15) is 18.0 Å². The van der Waals surface area contributed by atoms with Crippen LogP contribution in [0.3, 0.4) is 0 Å². The maximum atomic E-state index is 12.7. The van der Waals surface area contributed by atoms with Crippen molar-refractivity contribution >= 4 is 11.6 Å². The average Bonchev–Trinajstić information content (AvgIpc) is 2.47. The van der Waals surface area contributed by atoms with Crippen molar-refractivity contribution in [2.24, 2.45) is 0 Å². The highest BCUT2D eigenvalue weighted by atomic mass is 19.4. The Kier molecular flexibility index (Phi) is 3.52. The van der Waals surface area contributed by atoms with Crippen LogP contribution in [-0.4, -0.2) is 5.91 Å². The minimum absolute atomic E-state index is 0.0425. The zero-order chi connectivity index (χ0) is 15.7. The van der Waals surface area contributed by atoms with Crippen molar-refractivity contribution in [3.05, 3.63) is 53.6 Å². The van der Waals surface area contributed by atoms with Gasteiger partial charge in [0, 0.05) is 12.1 Å². The average molecular weight is 307 g/mol. The van der Waals surface area contributed by atoms with E-state index in [-0.39, 0.29) is 11.7 Å². The highest BCUT2D eigenvalue weighted by Gasteiger charge is 2.30. The summed E-state index contributed by atoms with van der Waals surface area (Å²) in [6.45, 7) is 0. The molecule has 0 aliphatic carbocycles. The SMILES string of the molecule is O=C1CCc2cc(Oc3cccc(C(F)(F)F)c3)ccc2N1. The fourth-order valence-corrected chi connectivity index (χ4v) is 2.30. The zero-order valence-electron chi connectivity index (χ0n) is 11.4. The van der Waals surface area contributed by atoms with Gasteiger partial charge in [0.15, 0.2) is 0 Å². The minimum Gasteiger partial charge on any atom is -0.457 e. The summed E-state index contributed by atoms with van der Waals surface area (Å²) in [4.78, 5) is 11.3. The largest absolute Gasteiger partial charge is 0.457 e. The van der Waals surface area contributed by atoms with Gasteiger partial charge in [-0.1, -0.05) is 6.07 Å². The van der Waals surface area contributed by atoms with Crippen LogP contribution >= 0.6 is 0 Å². The third-order valence-electron chi connectivity index (χ3n) is 3.37. The monoisotopic (exact) mass is 307 g/mol. The molecule has 0 bridgehead atoms. The van der Waals surface area contributed by atoms with E-state index in [0.29, 0.717) is 24.3 Å². The lowest BCUT2D eigenvalue weighted by molar-refractivity contribution is -0.137. The maximum Gasteiger partial charge on any atom is 0.416 e. The first-order chi connectivity index (χ1) is 10.4. The van der Waals surface area contributed by atoms with E-state index in [1.807, 2.05) is 0 Å². The van der Waals surface area contributed by atoms with Crippen LogP contribution in [0, 0.1) is 0 Å². The van der Waals surface area contributed by atoms with Gasteiger partial charge in [0.1, 0.15) is 11.5 Å². The lowest BCUT2D eigenvalue weighted by Gasteiger charge is -2.17. The third kappa shape index (κ3) is 3.05.